The van der Waals surface area contributed by atoms with Crippen molar-refractivity contribution in [2.24, 2.45) is 0 Å². The summed E-state index contributed by atoms with van der Waals surface area (Å²) in [7, 11) is 0. The summed E-state index contributed by atoms with van der Waals surface area (Å²) < 4.78 is 18.0. The number of halogens is 1. The molecule has 2 aromatic carbocycles. The molecule has 118 valence electrons. The molecule has 23 heavy (non-hydrogen) atoms. The van der Waals surface area contributed by atoms with Crippen molar-refractivity contribution in [2.75, 3.05) is 6.61 Å². The fraction of sp³-hybridized carbons (Fsp3) is 0.118. The van der Waals surface area contributed by atoms with Crippen molar-refractivity contribution in [3.05, 3.63) is 71.5 Å². The first kappa shape index (κ1) is 16.4. The lowest BCUT2D eigenvalue weighted by Gasteiger charge is -2.06. The first-order valence-corrected chi connectivity index (χ1v) is 6.84. The van der Waals surface area contributed by atoms with E-state index >= 15 is 0 Å². The molecule has 0 unspecified atom stereocenters. The van der Waals surface area contributed by atoms with E-state index in [1.807, 2.05) is 6.07 Å². The average molecular weight is 315 g/mol. The van der Waals surface area contributed by atoms with Gasteiger partial charge in [0.2, 0.25) is 5.91 Å². The lowest BCUT2D eigenvalue weighted by Crippen LogP contribution is -2.35. The minimum atomic E-state index is -0.964. The van der Waals surface area contributed by atoms with Crippen molar-refractivity contribution in [1.82, 2.24) is 5.32 Å². The van der Waals surface area contributed by atoms with Gasteiger partial charge in [0, 0.05) is 0 Å². The Morgan fingerprint density at radius 2 is 1.57 bits per heavy atom. The van der Waals surface area contributed by atoms with Crippen molar-refractivity contribution in [2.45, 2.75) is 6.42 Å². The highest BCUT2D eigenvalue weighted by Crippen LogP contribution is 2.07. The zero-order valence-corrected chi connectivity index (χ0v) is 12.1. The fourth-order valence-electron chi connectivity index (χ4n) is 1.85. The van der Waals surface area contributed by atoms with E-state index in [-0.39, 0.29) is 12.0 Å². The minimum Gasteiger partial charge on any atom is -0.452 e. The lowest BCUT2D eigenvalue weighted by molar-refractivity contribution is -0.132. The Hall–Kier alpha value is -3.02. The van der Waals surface area contributed by atoms with Gasteiger partial charge in [-0.3, -0.25) is 14.9 Å². The number of amides is 2. The van der Waals surface area contributed by atoms with Crippen LogP contribution >= 0.6 is 0 Å². The number of esters is 1. The summed E-state index contributed by atoms with van der Waals surface area (Å²) in [6, 6.07) is 14.1. The fourth-order valence-corrected chi connectivity index (χ4v) is 1.85. The SMILES string of the molecule is O=C(COC(=O)c1ccccc1F)NC(=O)Cc1ccccc1. The molecule has 0 saturated carbocycles. The van der Waals surface area contributed by atoms with Crippen LogP contribution in [0.4, 0.5) is 4.39 Å². The van der Waals surface area contributed by atoms with Crippen molar-refractivity contribution in [3.8, 4) is 0 Å². The van der Waals surface area contributed by atoms with Crippen molar-refractivity contribution in [1.29, 1.82) is 0 Å². The quantitative estimate of drug-likeness (QED) is 0.855. The molecule has 0 heterocycles. The lowest BCUT2D eigenvalue weighted by atomic mass is 10.1. The third kappa shape index (κ3) is 5.03. The monoisotopic (exact) mass is 315 g/mol. The standard InChI is InChI=1S/C17H14FNO4/c18-14-9-5-4-8-13(14)17(22)23-11-16(21)19-15(20)10-12-6-2-1-3-7-12/h1-9H,10-11H2,(H,19,20,21). The van der Waals surface area contributed by atoms with E-state index in [4.69, 9.17) is 0 Å². The van der Waals surface area contributed by atoms with Crippen LogP contribution in [0.25, 0.3) is 0 Å². The summed E-state index contributed by atoms with van der Waals surface area (Å²) in [4.78, 5) is 34.8. The first-order valence-electron chi connectivity index (χ1n) is 6.84. The summed E-state index contributed by atoms with van der Waals surface area (Å²) in [5.74, 6) is -2.98. The normalized spacial score (nSPS) is 9.96. The number of carbonyl (C=O) groups is 3. The van der Waals surface area contributed by atoms with Crippen LogP contribution < -0.4 is 5.32 Å². The molecule has 5 nitrogen and oxygen atoms in total. The molecular weight excluding hydrogens is 301 g/mol. The van der Waals surface area contributed by atoms with Gasteiger partial charge in [0.25, 0.3) is 5.91 Å². The van der Waals surface area contributed by atoms with Gasteiger partial charge in [0.15, 0.2) is 6.61 Å². The second kappa shape index (κ2) is 7.84. The molecule has 0 saturated heterocycles. The Bertz CT molecular complexity index is 716. The molecule has 2 rings (SSSR count). The van der Waals surface area contributed by atoms with Gasteiger partial charge >= 0.3 is 5.97 Å². The van der Waals surface area contributed by atoms with Crippen LogP contribution in [0, 0.1) is 5.82 Å². The van der Waals surface area contributed by atoms with Gasteiger partial charge in [0.1, 0.15) is 5.82 Å². The molecule has 1 N–H and O–H groups in total. The Balaban J connectivity index is 1.80. The molecule has 6 heteroatoms. The third-order valence-electron chi connectivity index (χ3n) is 2.91. The summed E-state index contributed by atoms with van der Waals surface area (Å²) in [5, 5.41) is 2.10. The van der Waals surface area contributed by atoms with Gasteiger partial charge in [-0.05, 0) is 17.7 Å². The predicted molar refractivity (Wildman–Crippen MR) is 80.0 cm³/mol. The summed E-state index contributed by atoms with van der Waals surface area (Å²) in [6.45, 7) is -0.659. The van der Waals surface area contributed by atoms with E-state index in [1.165, 1.54) is 18.2 Å². The Morgan fingerprint density at radius 3 is 2.26 bits per heavy atom. The molecule has 0 fully saturated rings. The maximum Gasteiger partial charge on any atom is 0.341 e. The number of imide groups is 1. The number of hydrogen-bond acceptors (Lipinski definition) is 4. The van der Waals surface area contributed by atoms with E-state index in [0.29, 0.717) is 0 Å². The van der Waals surface area contributed by atoms with Crippen LogP contribution in [0.2, 0.25) is 0 Å². The molecule has 0 spiro atoms. The Labute approximate surface area is 132 Å². The Morgan fingerprint density at radius 1 is 0.913 bits per heavy atom. The van der Waals surface area contributed by atoms with Gasteiger partial charge in [-0.1, -0.05) is 42.5 Å². The van der Waals surface area contributed by atoms with Crippen LogP contribution in [0.5, 0.6) is 0 Å². The van der Waals surface area contributed by atoms with E-state index in [9.17, 15) is 18.8 Å². The maximum atomic E-state index is 13.4. The minimum absolute atomic E-state index is 0.0356. The molecule has 2 amide bonds. The predicted octanol–water partition coefficient (Wildman–Crippen LogP) is 1.87. The molecule has 0 atom stereocenters. The third-order valence-corrected chi connectivity index (χ3v) is 2.91. The van der Waals surface area contributed by atoms with E-state index in [2.05, 4.69) is 10.1 Å². The molecule has 2 aromatic rings. The van der Waals surface area contributed by atoms with Gasteiger partial charge in [-0.2, -0.15) is 0 Å². The zero-order chi connectivity index (χ0) is 16.7. The molecule has 0 aromatic heterocycles. The van der Waals surface area contributed by atoms with E-state index in [0.717, 1.165) is 11.6 Å². The molecule has 0 radical (unpaired) electrons. The summed E-state index contributed by atoms with van der Waals surface area (Å²) in [6.07, 6.45) is 0.0356. The van der Waals surface area contributed by atoms with Gasteiger partial charge in [0.05, 0.1) is 12.0 Å². The topological polar surface area (TPSA) is 72.5 Å². The molecule has 0 aliphatic heterocycles. The molecular formula is C17H14FNO4. The Kier molecular flexibility index (Phi) is 5.57. The maximum absolute atomic E-state index is 13.4. The molecule has 0 bridgehead atoms. The number of nitrogens with one attached hydrogen (secondary N) is 1. The van der Waals surface area contributed by atoms with E-state index < -0.39 is 30.2 Å². The van der Waals surface area contributed by atoms with Crippen LogP contribution in [0.15, 0.2) is 54.6 Å². The second-order valence-corrected chi connectivity index (χ2v) is 4.69. The van der Waals surface area contributed by atoms with Crippen LogP contribution in [0.1, 0.15) is 15.9 Å². The van der Waals surface area contributed by atoms with Crippen molar-refractivity contribution in [3.63, 3.8) is 0 Å². The number of rotatable bonds is 5. The van der Waals surface area contributed by atoms with Crippen molar-refractivity contribution < 1.29 is 23.5 Å². The highest BCUT2D eigenvalue weighted by atomic mass is 19.1. The largest absolute Gasteiger partial charge is 0.452 e. The van der Waals surface area contributed by atoms with Crippen LogP contribution in [-0.4, -0.2) is 24.4 Å². The molecule has 0 aliphatic carbocycles. The highest BCUT2D eigenvalue weighted by molar-refractivity contribution is 5.98. The van der Waals surface area contributed by atoms with Crippen LogP contribution in [-0.2, 0) is 20.7 Å². The second-order valence-electron chi connectivity index (χ2n) is 4.69. The van der Waals surface area contributed by atoms with Crippen molar-refractivity contribution >= 4 is 17.8 Å². The number of benzene rings is 2. The first-order chi connectivity index (χ1) is 11.1. The van der Waals surface area contributed by atoms with E-state index in [1.54, 1.807) is 24.3 Å². The smallest absolute Gasteiger partial charge is 0.341 e. The molecule has 0 aliphatic rings. The number of hydrogen-bond donors (Lipinski definition) is 1. The van der Waals surface area contributed by atoms with Crippen LogP contribution in [0.3, 0.4) is 0 Å². The van der Waals surface area contributed by atoms with Gasteiger partial charge in [-0.25, -0.2) is 9.18 Å². The average Bonchev–Trinajstić information content (AvgIpc) is 2.54. The zero-order valence-electron chi connectivity index (χ0n) is 12.1. The summed E-state index contributed by atoms with van der Waals surface area (Å²) in [5.41, 5.74) is 0.483. The van der Waals surface area contributed by atoms with Gasteiger partial charge in [-0.15, -0.1) is 0 Å². The summed E-state index contributed by atoms with van der Waals surface area (Å²) >= 11 is 0. The number of ether oxygens (including phenoxy) is 1. The van der Waals surface area contributed by atoms with Gasteiger partial charge < -0.3 is 4.74 Å². The highest BCUT2D eigenvalue weighted by Gasteiger charge is 2.15. The number of carbonyl (C=O) groups excluding carboxylic acids is 3.